The van der Waals surface area contributed by atoms with Gasteiger partial charge in [0.2, 0.25) is 0 Å². The minimum atomic E-state index is -0.889. The number of aliphatic carboxylic acids is 1. The average Bonchev–Trinajstić information content (AvgIpc) is 2.27. The number of benzene rings is 1. The Balaban J connectivity index is 2.53. The van der Waals surface area contributed by atoms with Crippen LogP contribution < -0.4 is 5.32 Å². The van der Waals surface area contributed by atoms with Gasteiger partial charge in [-0.3, -0.25) is 9.59 Å². The monoisotopic (exact) mass is 275 g/mol. The van der Waals surface area contributed by atoms with Crippen LogP contribution in [-0.2, 0) is 4.79 Å². The maximum Gasteiger partial charge on any atom is 0.303 e. The fraction of sp³-hybridized carbons (Fsp3) is 0.273. The zero-order chi connectivity index (χ0) is 12.8. The first-order chi connectivity index (χ1) is 8.02. The molecular formula is C11H11Cl2NO3. The first kappa shape index (κ1) is 13.8. The van der Waals surface area contributed by atoms with Crippen LogP contribution in [0, 0.1) is 0 Å². The molecule has 0 bridgehead atoms. The summed E-state index contributed by atoms with van der Waals surface area (Å²) in [6, 6.07) is 4.77. The zero-order valence-electron chi connectivity index (χ0n) is 8.87. The molecule has 0 atom stereocenters. The third-order valence-corrected chi connectivity index (χ3v) is 2.87. The molecule has 0 saturated heterocycles. The third-order valence-electron chi connectivity index (χ3n) is 2.05. The van der Waals surface area contributed by atoms with Crippen molar-refractivity contribution in [2.45, 2.75) is 12.8 Å². The van der Waals surface area contributed by atoms with E-state index in [4.69, 9.17) is 28.3 Å². The van der Waals surface area contributed by atoms with Gasteiger partial charge in [0, 0.05) is 13.0 Å². The molecule has 92 valence electrons. The van der Waals surface area contributed by atoms with Crippen LogP contribution in [0.2, 0.25) is 10.0 Å². The van der Waals surface area contributed by atoms with E-state index in [0.717, 1.165) is 0 Å². The van der Waals surface area contributed by atoms with Gasteiger partial charge in [-0.05, 0) is 18.6 Å². The van der Waals surface area contributed by atoms with E-state index in [-0.39, 0.29) is 29.5 Å². The van der Waals surface area contributed by atoms with Crippen molar-refractivity contribution in [3.05, 3.63) is 33.8 Å². The molecule has 1 aromatic rings. The Morgan fingerprint density at radius 3 is 2.65 bits per heavy atom. The highest BCUT2D eigenvalue weighted by Gasteiger charge is 2.11. The maximum absolute atomic E-state index is 11.7. The van der Waals surface area contributed by atoms with Gasteiger partial charge < -0.3 is 10.4 Å². The number of carbonyl (C=O) groups excluding carboxylic acids is 1. The number of hydrogen-bond acceptors (Lipinski definition) is 2. The predicted molar refractivity (Wildman–Crippen MR) is 65.7 cm³/mol. The first-order valence-electron chi connectivity index (χ1n) is 4.96. The number of carboxylic acids is 1. The molecule has 0 aliphatic carbocycles. The lowest BCUT2D eigenvalue weighted by Crippen LogP contribution is -2.25. The molecule has 17 heavy (non-hydrogen) atoms. The molecule has 0 aromatic heterocycles. The minimum absolute atomic E-state index is 0.0174. The number of carbonyl (C=O) groups is 2. The highest BCUT2D eigenvalue weighted by molar-refractivity contribution is 6.43. The molecule has 0 aliphatic heterocycles. The van der Waals surface area contributed by atoms with Gasteiger partial charge in [0.15, 0.2) is 0 Å². The Kier molecular flexibility index (Phi) is 5.25. The summed E-state index contributed by atoms with van der Waals surface area (Å²) in [6.45, 7) is 0.286. The van der Waals surface area contributed by atoms with Crippen molar-refractivity contribution in [2.24, 2.45) is 0 Å². The third kappa shape index (κ3) is 4.24. The number of halogens is 2. The summed E-state index contributed by atoms with van der Waals surface area (Å²) in [5.74, 6) is -1.25. The number of amides is 1. The molecule has 0 unspecified atom stereocenters. The van der Waals surface area contributed by atoms with Crippen molar-refractivity contribution in [3.63, 3.8) is 0 Å². The fourth-order valence-electron chi connectivity index (χ4n) is 1.22. The van der Waals surface area contributed by atoms with E-state index in [1.165, 1.54) is 0 Å². The van der Waals surface area contributed by atoms with Gasteiger partial charge in [0.05, 0.1) is 15.6 Å². The van der Waals surface area contributed by atoms with Crippen LogP contribution in [0.1, 0.15) is 23.2 Å². The highest BCUT2D eigenvalue weighted by Crippen LogP contribution is 2.25. The van der Waals surface area contributed by atoms with Crippen molar-refractivity contribution < 1.29 is 14.7 Å². The second kappa shape index (κ2) is 6.47. The molecule has 2 N–H and O–H groups in total. The van der Waals surface area contributed by atoms with Crippen LogP contribution in [0.15, 0.2) is 18.2 Å². The summed E-state index contributed by atoms with van der Waals surface area (Å²) < 4.78 is 0. The van der Waals surface area contributed by atoms with Crippen LogP contribution in [0.25, 0.3) is 0 Å². The van der Waals surface area contributed by atoms with Crippen molar-refractivity contribution in [3.8, 4) is 0 Å². The standard InChI is InChI=1S/C11H11Cl2NO3/c12-8-4-1-3-7(10(8)13)11(17)14-6-2-5-9(15)16/h1,3-4H,2,5-6H2,(H,14,17)(H,15,16). The van der Waals surface area contributed by atoms with E-state index in [2.05, 4.69) is 5.32 Å². The molecule has 0 saturated carbocycles. The molecule has 0 aliphatic rings. The zero-order valence-corrected chi connectivity index (χ0v) is 10.4. The van der Waals surface area contributed by atoms with E-state index < -0.39 is 5.97 Å². The molecule has 0 spiro atoms. The van der Waals surface area contributed by atoms with Crippen LogP contribution >= 0.6 is 23.2 Å². The quantitative estimate of drug-likeness (QED) is 0.812. The maximum atomic E-state index is 11.7. The second-order valence-corrected chi connectivity index (χ2v) is 4.14. The summed E-state index contributed by atoms with van der Waals surface area (Å²) in [7, 11) is 0. The Labute approximate surface area is 109 Å². The lowest BCUT2D eigenvalue weighted by molar-refractivity contribution is -0.137. The molecule has 4 nitrogen and oxygen atoms in total. The van der Waals surface area contributed by atoms with Crippen molar-refractivity contribution in [2.75, 3.05) is 6.54 Å². The van der Waals surface area contributed by atoms with Gasteiger partial charge in [-0.15, -0.1) is 0 Å². The van der Waals surface area contributed by atoms with E-state index in [0.29, 0.717) is 11.4 Å². The Hall–Kier alpha value is -1.26. The average molecular weight is 276 g/mol. The number of hydrogen-bond donors (Lipinski definition) is 2. The topological polar surface area (TPSA) is 66.4 Å². The normalized spacial score (nSPS) is 10.0. The molecular weight excluding hydrogens is 265 g/mol. The smallest absolute Gasteiger partial charge is 0.303 e. The SMILES string of the molecule is O=C(O)CCCNC(=O)c1cccc(Cl)c1Cl. The molecule has 1 amide bonds. The lowest BCUT2D eigenvalue weighted by atomic mass is 10.2. The van der Waals surface area contributed by atoms with Crippen LogP contribution in [-0.4, -0.2) is 23.5 Å². The van der Waals surface area contributed by atoms with Crippen molar-refractivity contribution >= 4 is 35.1 Å². The number of rotatable bonds is 5. The van der Waals surface area contributed by atoms with Crippen LogP contribution in [0.4, 0.5) is 0 Å². The molecule has 0 heterocycles. The van der Waals surface area contributed by atoms with Crippen molar-refractivity contribution in [1.82, 2.24) is 5.32 Å². The van der Waals surface area contributed by atoms with E-state index in [9.17, 15) is 9.59 Å². The Morgan fingerprint density at radius 2 is 2.00 bits per heavy atom. The summed E-state index contributed by atoms with van der Waals surface area (Å²) in [5.41, 5.74) is 0.287. The molecule has 0 radical (unpaired) electrons. The number of nitrogens with one attached hydrogen (secondary N) is 1. The van der Waals surface area contributed by atoms with Gasteiger partial charge in [-0.2, -0.15) is 0 Å². The number of carboxylic acid groups (broad SMARTS) is 1. The van der Waals surface area contributed by atoms with Crippen LogP contribution in [0.5, 0.6) is 0 Å². The molecule has 6 heteroatoms. The van der Waals surface area contributed by atoms with Gasteiger partial charge in [0.1, 0.15) is 0 Å². The molecule has 1 rings (SSSR count). The second-order valence-electron chi connectivity index (χ2n) is 3.35. The van der Waals surface area contributed by atoms with Gasteiger partial charge >= 0.3 is 5.97 Å². The minimum Gasteiger partial charge on any atom is -0.481 e. The lowest BCUT2D eigenvalue weighted by Gasteiger charge is -2.06. The van der Waals surface area contributed by atoms with E-state index >= 15 is 0 Å². The Morgan fingerprint density at radius 1 is 1.29 bits per heavy atom. The van der Waals surface area contributed by atoms with E-state index in [1.54, 1.807) is 18.2 Å². The molecule has 1 aromatic carbocycles. The predicted octanol–water partition coefficient (Wildman–Crippen LogP) is 2.59. The summed E-state index contributed by atoms with van der Waals surface area (Å²) in [6.07, 6.45) is 0.392. The van der Waals surface area contributed by atoms with Gasteiger partial charge in [-0.25, -0.2) is 0 Å². The van der Waals surface area contributed by atoms with Crippen LogP contribution in [0.3, 0.4) is 0 Å². The summed E-state index contributed by atoms with van der Waals surface area (Å²) >= 11 is 11.6. The Bertz CT molecular complexity index is 435. The molecule has 0 fully saturated rings. The first-order valence-corrected chi connectivity index (χ1v) is 5.72. The van der Waals surface area contributed by atoms with Gasteiger partial charge in [-0.1, -0.05) is 29.3 Å². The summed E-state index contributed by atoms with van der Waals surface area (Å²) in [5, 5.41) is 11.5. The largest absolute Gasteiger partial charge is 0.481 e. The van der Waals surface area contributed by atoms with Gasteiger partial charge in [0.25, 0.3) is 5.91 Å². The highest BCUT2D eigenvalue weighted by atomic mass is 35.5. The summed E-state index contributed by atoms with van der Waals surface area (Å²) in [4.78, 5) is 21.9. The fourth-order valence-corrected chi connectivity index (χ4v) is 1.60. The van der Waals surface area contributed by atoms with Crippen molar-refractivity contribution in [1.29, 1.82) is 0 Å². The van der Waals surface area contributed by atoms with E-state index in [1.807, 2.05) is 0 Å².